The Morgan fingerprint density at radius 1 is 1.13 bits per heavy atom. The molecule has 1 atom stereocenters. The number of hydrogen-bond acceptors (Lipinski definition) is 5. The predicted octanol–water partition coefficient (Wildman–Crippen LogP) is 4.55. The number of rotatable bonds is 6. The van der Waals surface area contributed by atoms with Gasteiger partial charge in [-0.25, -0.2) is 4.79 Å². The molecule has 3 rings (SSSR count). The highest BCUT2D eigenvalue weighted by Crippen LogP contribution is 2.40. The number of hydrogen-bond donors (Lipinski definition) is 2. The minimum absolute atomic E-state index is 0.244. The van der Waals surface area contributed by atoms with Crippen LogP contribution in [-0.4, -0.2) is 25.3 Å². The second-order valence-electron chi connectivity index (χ2n) is 6.47. The van der Waals surface area contributed by atoms with Crippen LogP contribution in [0.2, 0.25) is 10.0 Å². The fourth-order valence-electron chi connectivity index (χ4n) is 3.12. The lowest BCUT2D eigenvalue weighted by molar-refractivity contribution is -0.136. The van der Waals surface area contributed by atoms with Crippen LogP contribution in [0.3, 0.4) is 0 Å². The van der Waals surface area contributed by atoms with Crippen LogP contribution >= 0.6 is 35.4 Å². The van der Waals surface area contributed by atoms with Crippen molar-refractivity contribution in [3.05, 3.63) is 68.8 Å². The summed E-state index contributed by atoms with van der Waals surface area (Å²) >= 11 is 18.0. The van der Waals surface area contributed by atoms with Crippen molar-refractivity contribution >= 4 is 46.5 Å². The van der Waals surface area contributed by atoms with E-state index in [0.29, 0.717) is 43.5 Å². The number of carbonyl (C=O) groups excluding carboxylic acids is 1. The van der Waals surface area contributed by atoms with Crippen LogP contribution < -0.4 is 20.1 Å². The van der Waals surface area contributed by atoms with Crippen molar-refractivity contribution in [1.29, 1.82) is 0 Å². The molecule has 0 saturated carbocycles. The summed E-state index contributed by atoms with van der Waals surface area (Å²) in [6, 6.07) is 10.2. The maximum Gasteiger partial charge on any atom is 0.337 e. The summed E-state index contributed by atoms with van der Waals surface area (Å²) in [5.41, 5.74) is 2.39. The average molecular weight is 467 g/mol. The molecule has 2 N–H and O–H groups in total. The van der Waals surface area contributed by atoms with Gasteiger partial charge in [0, 0.05) is 27.9 Å². The molecule has 0 spiro atoms. The van der Waals surface area contributed by atoms with Crippen molar-refractivity contribution in [3.63, 3.8) is 0 Å². The van der Waals surface area contributed by atoms with E-state index in [9.17, 15) is 4.79 Å². The molecule has 0 amide bonds. The number of allylic oxidation sites excluding steroid dienone is 1. The number of benzene rings is 2. The second-order valence-corrected chi connectivity index (χ2v) is 7.69. The molecule has 1 aliphatic heterocycles. The van der Waals surface area contributed by atoms with Gasteiger partial charge in [-0.15, -0.1) is 0 Å². The van der Waals surface area contributed by atoms with Crippen molar-refractivity contribution in [2.75, 3.05) is 14.2 Å². The van der Waals surface area contributed by atoms with Crippen LogP contribution in [0.25, 0.3) is 0 Å². The van der Waals surface area contributed by atoms with Crippen molar-refractivity contribution in [2.24, 2.45) is 0 Å². The maximum atomic E-state index is 12.4. The fraction of sp³-hybridized carbons (Fsp3) is 0.238. The third kappa shape index (κ3) is 4.64. The summed E-state index contributed by atoms with van der Waals surface area (Å²) < 4.78 is 16.3. The van der Waals surface area contributed by atoms with Crippen LogP contribution in [0.5, 0.6) is 11.5 Å². The zero-order chi connectivity index (χ0) is 21.8. The molecule has 0 aromatic heterocycles. The summed E-state index contributed by atoms with van der Waals surface area (Å²) in [5.74, 6) is 0.409. The molecule has 0 bridgehead atoms. The lowest BCUT2D eigenvalue weighted by atomic mass is 9.95. The molecule has 2 aromatic rings. The first-order valence-electron chi connectivity index (χ1n) is 8.96. The Morgan fingerprint density at radius 3 is 2.53 bits per heavy atom. The van der Waals surface area contributed by atoms with Gasteiger partial charge in [0.1, 0.15) is 6.61 Å². The van der Waals surface area contributed by atoms with E-state index >= 15 is 0 Å². The van der Waals surface area contributed by atoms with Gasteiger partial charge in [0.05, 0.1) is 30.9 Å². The van der Waals surface area contributed by atoms with Gasteiger partial charge in [0.2, 0.25) is 0 Å². The van der Waals surface area contributed by atoms with Crippen molar-refractivity contribution in [2.45, 2.75) is 19.6 Å². The summed E-state index contributed by atoms with van der Waals surface area (Å²) in [6.07, 6.45) is 0. The summed E-state index contributed by atoms with van der Waals surface area (Å²) in [6.45, 7) is 1.99. The number of halogens is 2. The third-order valence-corrected chi connectivity index (χ3v) is 5.53. The molecule has 1 aliphatic rings. The molecule has 6 nitrogen and oxygen atoms in total. The van der Waals surface area contributed by atoms with Gasteiger partial charge < -0.3 is 24.8 Å². The zero-order valence-electron chi connectivity index (χ0n) is 16.5. The van der Waals surface area contributed by atoms with Gasteiger partial charge in [-0.05, 0) is 31.3 Å². The molecular formula is C21H20Cl2N2O4S. The number of nitrogens with one attached hydrogen (secondary N) is 2. The van der Waals surface area contributed by atoms with E-state index in [4.69, 9.17) is 49.6 Å². The van der Waals surface area contributed by atoms with Crippen LogP contribution in [0, 0.1) is 0 Å². The number of ether oxygens (including phenoxy) is 3. The van der Waals surface area contributed by atoms with E-state index in [1.807, 2.05) is 18.2 Å². The molecule has 0 fully saturated rings. The molecule has 30 heavy (non-hydrogen) atoms. The molecule has 0 saturated heterocycles. The van der Waals surface area contributed by atoms with Gasteiger partial charge in [-0.1, -0.05) is 41.4 Å². The van der Waals surface area contributed by atoms with Gasteiger partial charge in [0.25, 0.3) is 0 Å². The van der Waals surface area contributed by atoms with Crippen molar-refractivity contribution in [3.8, 4) is 11.5 Å². The van der Waals surface area contributed by atoms with E-state index in [1.54, 1.807) is 25.1 Å². The van der Waals surface area contributed by atoms with E-state index in [1.165, 1.54) is 14.2 Å². The van der Waals surface area contributed by atoms with E-state index in [2.05, 4.69) is 10.6 Å². The highest BCUT2D eigenvalue weighted by Gasteiger charge is 2.32. The number of thiocarbonyl (C=S) groups is 1. The lowest BCUT2D eigenvalue weighted by Gasteiger charge is -2.30. The molecule has 9 heteroatoms. The average Bonchev–Trinajstić information content (AvgIpc) is 2.72. The fourth-order valence-corrected chi connectivity index (χ4v) is 3.85. The normalized spacial score (nSPS) is 15.9. The first-order chi connectivity index (χ1) is 14.3. The minimum atomic E-state index is -0.606. The second kappa shape index (κ2) is 9.55. The molecule has 0 aliphatic carbocycles. The van der Waals surface area contributed by atoms with E-state index in [-0.39, 0.29) is 6.61 Å². The quantitative estimate of drug-likeness (QED) is 0.477. The van der Waals surface area contributed by atoms with Gasteiger partial charge in [-0.3, -0.25) is 0 Å². The minimum Gasteiger partial charge on any atom is -0.493 e. The topological polar surface area (TPSA) is 68.8 Å². The summed E-state index contributed by atoms with van der Waals surface area (Å²) in [4.78, 5) is 12.4. The largest absolute Gasteiger partial charge is 0.493 e. The highest BCUT2D eigenvalue weighted by molar-refractivity contribution is 7.80. The van der Waals surface area contributed by atoms with Gasteiger partial charge >= 0.3 is 5.97 Å². The Morgan fingerprint density at radius 2 is 1.87 bits per heavy atom. The third-order valence-electron chi connectivity index (χ3n) is 4.61. The molecule has 0 unspecified atom stereocenters. The van der Waals surface area contributed by atoms with Gasteiger partial charge in [0.15, 0.2) is 16.6 Å². The highest BCUT2D eigenvalue weighted by atomic mass is 35.5. The molecule has 0 radical (unpaired) electrons. The predicted molar refractivity (Wildman–Crippen MR) is 120 cm³/mol. The SMILES string of the molecule is COC(=O)C1=C(C)NC(=S)N[C@H]1c1cc(OC)c(OCc2ccccc2Cl)cc1Cl. The lowest BCUT2D eigenvalue weighted by Crippen LogP contribution is -2.45. The first-order valence-corrected chi connectivity index (χ1v) is 10.1. The Labute approximate surface area is 190 Å². The standard InChI is InChI=1S/C21H20Cl2N2O4S/c1-11-18(20(26)28-3)19(25-21(30)24-11)13-8-16(27-2)17(9-15(13)23)29-10-12-6-4-5-7-14(12)22/h4-9,19H,10H2,1-3H3,(H2,24,25,30)/t19-/m0/s1. The molecule has 158 valence electrons. The smallest absolute Gasteiger partial charge is 0.337 e. The zero-order valence-corrected chi connectivity index (χ0v) is 18.9. The molecular weight excluding hydrogens is 447 g/mol. The monoisotopic (exact) mass is 466 g/mol. The summed E-state index contributed by atoms with van der Waals surface area (Å²) in [7, 11) is 2.85. The Balaban J connectivity index is 1.96. The van der Waals surface area contributed by atoms with Gasteiger partial charge in [-0.2, -0.15) is 0 Å². The maximum absolute atomic E-state index is 12.4. The van der Waals surface area contributed by atoms with E-state index < -0.39 is 12.0 Å². The Bertz CT molecular complexity index is 1030. The first kappa shape index (κ1) is 22.2. The Kier molecular flexibility index (Phi) is 7.07. The summed E-state index contributed by atoms with van der Waals surface area (Å²) in [5, 5.41) is 7.36. The number of methoxy groups -OCH3 is 2. The molecule has 1 heterocycles. The Hall–Kier alpha value is -2.48. The number of esters is 1. The van der Waals surface area contributed by atoms with Crippen LogP contribution in [-0.2, 0) is 16.1 Å². The van der Waals surface area contributed by atoms with Crippen LogP contribution in [0.1, 0.15) is 24.1 Å². The van der Waals surface area contributed by atoms with Crippen molar-refractivity contribution in [1.82, 2.24) is 10.6 Å². The molecule has 2 aromatic carbocycles. The van der Waals surface area contributed by atoms with Crippen LogP contribution in [0.15, 0.2) is 47.7 Å². The van der Waals surface area contributed by atoms with Crippen molar-refractivity contribution < 1.29 is 19.0 Å². The number of carbonyl (C=O) groups is 1. The van der Waals surface area contributed by atoms with Crippen LogP contribution in [0.4, 0.5) is 0 Å². The van der Waals surface area contributed by atoms with E-state index in [0.717, 1.165) is 5.56 Å².